The fourth-order valence-electron chi connectivity index (χ4n) is 2.55. The highest BCUT2D eigenvalue weighted by atomic mass is 16.5. The molecule has 2 nitrogen and oxygen atoms in total. The van der Waals surface area contributed by atoms with Gasteiger partial charge in [0, 0.05) is 6.42 Å². The topological polar surface area (TPSA) is 26.3 Å². The summed E-state index contributed by atoms with van der Waals surface area (Å²) in [6, 6.07) is 0. The summed E-state index contributed by atoms with van der Waals surface area (Å²) < 4.78 is 4.98. The first-order chi connectivity index (χ1) is 6.79. The van der Waals surface area contributed by atoms with E-state index in [-0.39, 0.29) is 5.97 Å². The van der Waals surface area contributed by atoms with E-state index in [4.69, 9.17) is 4.74 Å². The van der Waals surface area contributed by atoms with E-state index in [0.29, 0.717) is 24.9 Å². The fraction of sp³-hybridized carbons (Fsp3) is 0.583. The molecule has 3 atom stereocenters. The maximum absolute atomic E-state index is 11.3. The number of rotatable bonds is 4. The number of hydrogen-bond donors (Lipinski definition) is 0. The first kappa shape index (κ1) is 9.50. The van der Waals surface area contributed by atoms with Gasteiger partial charge in [-0.2, -0.15) is 0 Å². The summed E-state index contributed by atoms with van der Waals surface area (Å²) in [7, 11) is 0. The normalized spacial score (nSPS) is 33.3. The molecule has 2 aliphatic rings. The molecule has 2 heteroatoms. The van der Waals surface area contributed by atoms with Crippen molar-refractivity contribution in [2.45, 2.75) is 19.3 Å². The van der Waals surface area contributed by atoms with Crippen LogP contribution in [-0.2, 0) is 9.53 Å². The third kappa shape index (κ3) is 1.89. The maximum Gasteiger partial charge on any atom is 0.306 e. The smallest absolute Gasteiger partial charge is 0.306 e. The summed E-state index contributed by atoms with van der Waals surface area (Å²) in [5, 5.41) is 0. The van der Waals surface area contributed by atoms with Crippen molar-refractivity contribution >= 4 is 5.97 Å². The van der Waals surface area contributed by atoms with Crippen LogP contribution in [0.3, 0.4) is 0 Å². The molecule has 0 saturated heterocycles. The highest BCUT2D eigenvalue weighted by Crippen LogP contribution is 2.44. The highest BCUT2D eigenvalue weighted by molar-refractivity contribution is 5.70. The molecule has 3 unspecified atom stereocenters. The Morgan fingerprint density at radius 2 is 2.36 bits per heavy atom. The van der Waals surface area contributed by atoms with Crippen LogP contribution in [0.25, 0.3) is 0 Å². The first-order valence-corrected chi connectivity index (χ1v) is 5.24. The molecule has 2 bridgehead atoms. The van der Waals surface area contributed by atoms with Crippen LogP contribution in [0.15, 0.2) is 24.8 Å². The second-order valence-corrected chi connectivity index (χ2v) is 4.22. The van der Waals surface area contributed by atoms with E-state index >= 15 is 0 Å². The summed E-state index contributed by atoms with van der Waals surface area (Å²) >= 11 is 0. The summed E-state index contributed by atoms with van der Waals surface area (Å²) in [6.07, 6.45) is 9.16. The lowest BCUT2D eigenvalue weighted by atomic mass is 9.91. The Kier molecular flexibility index (Phi) is 2.71. The molecule has 0 aromatic heterocycles. The van der Waals surface area contributed by atoms with Crippen molar-refractivity contribution in [1.29, 1.82) is 0 Å². The predicted octanol–water partition coefficient (Wildman–Crippen LogP) is 2.32. The quantitative estimate of drug-likeness (QED) is 0.504. The van der Waals surface area contributed by atoms with Crippen LogP contribution in [0, 0.1) is 17.8 Å². The molecular formula is C12H16O2. The van der Waals surface area contributed by atoms with E-state index < -0.39 is 0 Å². The molecule has 0 aliphatic heterocycles. The third-order valence-corrected chi connectivity index (χ3v) is 3.21. The van der Waals surface area contributed by atoms with Gasteiger partial charge in [0.05, 0.1) is 0 Å². The Bertz CT molecular complexity index is 267. The van der Waals surface area contributed by atoms with Gasteiger partial charge in [0.2, 0.25) is 0 Å². The zero-order chi connectivity index (χ0) is 9.97. The molecule has 0 aromatic rings. The SMILES string of the molecule is C=CCOC(=O)CC1CC2C=CC1C2. The van der Waals surface area contributed by atoms with Crippen LogP contribution < -0.4 is 0 Å². The Morgan fingerprint density at radius 3 is 2.93 bits per heavy atom. The van der Waals surface area contributed by atoms with Crippen LogP contribution in [0.1, 0.15) is 19.3 Å². The molecule has 76 valence electrons. The van der Waals surface area contributed by atoms with E-state index in [0.717, 1.165) is 5.92 Å². The molecule has 1 saturated carbocycles. The molecule has 0 spiro atoms. The van der Waals surface area contributed by atoms with Crippen LogP contribution in [0.5, 0.6) is 0 Å². The number of hydrogen-bond acceptors (Lipinski definition) is 2. The van der Waals surface area contributed by atoms with Crippen molar-refractivity contribution in [2.75, 3.05) is 6.61 Å². The van der Waals surface area contributed by atoms with Crippen molar-refractivity contribution < 1.29 is 9.53 Å². The Balaban J connectivity index is 1.78. The molecule has 14 heavy (non-hydrogen) atoms. The fourth-order valence-corrected chi connectivity index (χ4v) is 2.55. The van der Waals surface area contributed by atoms with Crippen molar-refractivity contribution in [3.63, 3.8) is 0 Å². The molecule has 0 heterocycles. The summed E-state index contributed by atoms with van der Waals surface area (Å²) in [6.45, 7) is 3.86. The van der Waals surface area contributed by atoms with Crippen molar-refractivity contribution in [2.24, 2.45) is 17.8 Å². The highest BCUT2D eigenvalue weighted by Gasteiger charge is 2.36. The van der Waals surface area contributed by atoms with Crippen LogP contribution >= 0.6 is 0 Å². The minimum atomic E-state index is -0.0733. The van der Waals surface area contributed by atoms with Gasteiger partial charge in [-0.25, -0.2) is 0 Å². The number of carbonyl (C=O) groups excluding carboxylic acids is 1. The van der Waals surface area contributed by atoms with Crippen LogP contribution in [0.4, 0.5) is 0 Å². The number of ether oxygens (including phenoxy) is 1. The second-order valence-electron chi connectivity index (χ2n) is 4.22. The second kappa shape index (κ2) is 3.99. The van der Waals surface area contributed by atoms with Gasteiger partial charge in [0.25, 0.3) is 0 Å². The Hall–Kier alpha value is -1.05. The first-order valence-electron chi connectivity index (χ1n) is 5.24. The van der Waals surface area contributed by atoms with E-state index in [2.05, 4.69) is 18.7 Å². The van der Waals surface area contributed by atoms with Crippen molar-refractivity contribution in [1.82, 2.24) is 0 Å². The van der Waals surface area contributed by atoms with Gasteiger partial charge >= 0.3 is 5.97 Å². The Morgan fingerprint density at radius 1 is 1.50 bits per heavy atom. The summed E-state index contributed by atoms with van der Waals surface area (Å²) in [5.74, 6) is 1.83. The summed E-state index contributed by atoms with van der Waals surface area (Å²) in [5.41, 5.74) is 0. The van der Waals surface area contributed by atoms with Gasteiger partial charge < -0.3 is 4.74 Å². The van der Waals surface area contributed by atoms with Gasteiger partial charge in [0.15, 0.2) is 0 Å². The minimum Gasteiger partial charge on any atom is -0.461 e. The molecule has 2 aliphatic carbocycles. The van der Waals surface area contributed by atoms with Crippen LogP contribution in [-0.4, -0.2) is 12.6 Å². The van der Waals surface area contributed by atoms with E-state index in [1.807, 2.05) is 0 Å². The van der Waals surface area contributed by atoms with Crippen molar-refractivity contribution in [3.8, 4) is 0 Å². The lowest BCUT2D eigenvalue weighted by molar-refractivity contribution is -0.143. The number of allylic oxidation sites excluding steroid dienone is 2. The molecule has 0 amide bonds. The minimum absolute atomic E-state index is 0.0733. The van der Waals surface area contributed by atoms with E-state index in [1.165, 1.54) is 12.8 Å². The molecule has 0 aromatic carbocycles. The number of fused-ring (bicyclic) bond motifs is 2. The van der Waals surface area contributed by atoms with E-state index in [1.54, 1.807) is 6.08 Å². The predicted molar refractivity (Wildman–Crippen MR) is 54.6 cm³/mol. The van der Waals surface area contributed by atoms with Gasteiger partial charge in [0.1, 0.15) is 6.61 Å². The molecule has 0 radical (unpaired) electrons. The zero-order valence-corrected chi connectivity index (χ0v) is 8.32. The standard InChI is InChI=1S/C12H16O2/c1-2-5-14-12(13)8-11-7-9-3-4-10(11)6-9/h2-4,9-11H,1,5-8H2. The molecule has 0 N–H and O–H groups in total. The summed E-state index contributed by atoms with van der Waals surface area (Å²) in [4.78, 5) is 11.3. The van der Waals surface area contributed by atoms with Crippen LogP contribution in [0.2, 0.25) is 0 Å². The maximum atomic E-state index is 11.3. The molecule has 1 fully saturated rings. The lowest BCUT2D eigenvalue weighted by Gasteiger charge is -2.16. The zero-order valence-electron chi connectivity index (χ0n) is 8.32. The van der Waals surface area contributed by atoms with Gasteiger partial charge in [-0.3, -0.25) is 4.79 Å². The molecular weight excluding hydrogens is 176 g/mol. The molecule has 2 rings (SSSR count). The van der Waals surface area contributed by atoms with Gasteiger partial charge in [-0.15, -0.1) is 0 Å². The largest absolute Gasteiger partial charge is 0.461 e. The number of carbonyl (C=O) groups is 1. The average molecular weight is 192 g/mol. The average Bonchev–Trinajstić information content (AvgIpc) is 2.76. The van der Waals surface area contributed by atoms with Gasteiger partial charge in [-0.1, -0.05) is 24.8 Å². The number of esters is 1. The Labute approximate surface area is 84.6 Å². The monoisotopic (exact) mass is 192 g/mol. The van der Waals surface area contributed by atoms with Gasteiger partial charge in [-0.05, 0) is 30.6 Å². The van der Waals surface area contributed by atoms with Crippen molar-refractivity contribution in [3.05, 3.63) is 24.8 Å². The van der Waals surface area contributed by atoms with E-state index in [9.17, 15) is 4.79 Å². The lowest BCUT2D eigenvalue weighted by Crippen LogP contribution is -2.15. The third-order valence-electron chi connectivity index (χ3n) is 3.21.